The van der Waals surface area contributed by atoms with Gasteiger partial charge in [0.05, 0.1) is 29.0 Å². The number of carbonyl (C=O) groups excluding carboxylic acids is 3. The van der Waals surface area contributed by atoms with E-state index in [0.29, 0.717) is 10.8 Å². The number of nitrogens with one attached hydrogen (secondary N) is 2. The number of nitrogens with zero attached hydrogens (tertiary/aromatic N) is 1. The minimum atomic E-state index is -0.874. The van der Waals surface area contributed by atoms with E-state index >= 15 is 0 Å². The summed E-state index contributed by atoms with van der Waals surface area (Å²) >= 11 is 2.85. The van der Waals surface area contributed by atoms with E-state index in [1.807, 2.05) is 17.5 Å². The second kappa shape index (κ2) is 9.14. The van der Waals surface area contributed by atoms with Crippen LogP contribution in [0.2, 0.25) is 0 Å². The predicted octanol–water partition coefficient (Wildman–Crippen LogP) is 3.49. The number of ether oxygens (including phenoxy) is 2. The quantitative estimate of drug-likeness (QED) is 0.519. The van der Waals surface area contributed by atoms with E-state index in [-0.39, 0.29) is 30.2 Å². The third-order valence-corrected chi connectivity index (χ3v) is 6.15. The van der Waals surface area contributed by atoms with Crippen LogP contribution in [0.3, 0.4) is 0 Å². The largest absolute Gasteiger partial charge is 0.467 e. The molecule has 0 aliphatic carbocycles. The highest BCUT2D eigenvalue weighted by Gasteiger charge is 2.35. The second-order valence-electron chi connectivity index (χ2n) is 6.25. The van der Waals surface area contributed by atoms with E-state index in [2.05, 4.69) is 15.6 Å². The fraction of sp³-hybridized carbons (Fsp3) is 0.200. The lowest BCUT2D eigenvalue weighted by Gasteiger charge is -2.27. The Morgan fingerprint density at radius 2 is 2.06 bits per heavy atom. The van der Waals surface area contributed by atoms with Gasteiger partial charge in [-0.15, -0.1) is 22.7 Å². The van der Waals surface area contributed by atoms with Crippen molar-refractivity contribution in [1.29, 1.82) is 0 Å². The van der Waals surface area contributed by atoms with Crippen LogP contribution in [0.25, 0.3) is 9.88 Å². The molecule has 1 aliphatic rings. The van der Waals surface area contributed by atoms with Crippen LogP contribution in [0, 0.1) is 0 Å². The molecule has 0 radical (unpaired) electrons. The standard InChI is InChI=1S/C20H17N3O6S2/c1-2-27-19(25)15-11(22-20(26)23-16(15)13-5-3-7-28-13)9-29-18(24)12-10-31-17(21-12)14-6-4-8-30-14/h3-8,10,16H,2,9H2,1H3,(H2,22,23,26). The van der Waals surface area contributed by atoms with Crippen LogP contribution in [0.4, 0.5) is 4.79 Å². The third kappa shape index (κ3) is 4.52. The summed E-state index contributed by atoms with van der Waals surface area (Å²) in [7, 11) is 0. The maximum absolute atomic E-state index is 12.6. The molecular formula is C20H17N3O6S2. The van der Waals surface area contributed by atoms with Crippen LogP contribution in [-0.2, 0) is 14.3 Å². The van der Waals surface area contributed by atoms with Gasteiger partial charge >= 0.3 is 18.0 Å². The molecule has 0 spiro atoms. The van der Waals surface area contributed by atoms with E-state index in [1.165, 1.54) is 28.9 Å². The highest BCUT2D eigenvalue weighted by atomic mass is 32.1. The Morgan fingerprint density at radius 1 is 1.19 bits per heavy atom. The van der Waals surface area contributed by atoms with Crippen LogP contribution in [0.1, 0.15) is 29.2 Å². The monoisotopic (exact) mass is 459 g/mol. The molecule has 3 aromatic heterocycles. The van der Waals surface area contributed by atoms with Gasteiger partial charge in [0.2, 0.25) is 0 Å². The van der Waals surface area contributed by atoms with E-state index in [9.17, 15) is 14.4 Å². The molecule has 4 rings (SSSR count). The van der Waals surface area contributed by atoms with Crippen molar-refractivity contribution < 1.29 is 28.3 Å². The van der Waals surface area contributed by atoms with Crippen molar-refractivity contribution in [1.82, 2.24) is 15.6 Å². The lowest BCUT2D eigenvalue weighted by Crippen LogP contribution is -2.47. The molecule has 1 atom stereocenters. The number of esters is 2. The van der Waals surface area contributed by atoms with Crippen molar-refractivity contribution >= 4 is 40.6 Å². The van der Waals surface area contributed by atoms with Gasteiger partial charge in [-0.1, -0.05) is 6.07 Å². The number of aromatic nitrogens is 1. The molecule has 4 heterocycles. The fourth-order valence-electron chi connectivity index (χ4n) is 2.94. The SMILES string of the molecule is CCOC(=O)C1=C(COC(=O)c2csc(-c3cccs3)n2)NC(=O)NC1c1ccco1. The van der Waals surface area contributed by atoms with E-state index in [1.54, 1.807) is 24.4 Å². The summed E-state index contributed by atoms with van der Waals surface area (Å²) < 4.78 is 15.8. The summed E-state index contributed by atoms with van der Waals surface area (Å²) in [5, 5.41) is 9.39. The van der Waals surface area contributed by atoms with Gasteiger partial charge in [0.25, 0.3) is 0 Å². The molecule has 0 saturated heterocycles. The van der Waals surface area contributed by atoms with Gasteiger partial charge in [-0.05, 0) is 30.5 Å². The molecule has 2 N–H and O–H groups in total. The van der Waals surface area contributed by atoms with Crippen molar-refractivity contribution in [3.05, 3.63) is 64.0 Å². The van der Waals surface area contributed by atoms with Gasteiger partial charge in [-0.25, -0.2) is 19.4 Å². The molecule has 0 saturated carbocycles. The number of thiazole rings is 1. The van der Waals surface area contributed by atoms with Crippen LogP contribution >= 0.6 is 22.7 Å². The summed E-state index contributed by atoms with van der Waals surface area (Å²) in [5.74, 6) is -0.977. The van der Waals surface area contributed by atoms with Crippen molar-refractivity contribution in [2.24, 2.45) is 0 Å². The molecule has 31 heavy (non-hydrogen) atoms. The molecule has 3 aromatic rings. The Labute approximate surface area is 184 Å². The van der Waals surface area contributed by atoms with Gasteiger partial charge in [-0.2, -0.15) is 0 Å². The minimum Gasteiger partial charge on any atom is -0.467 e. The zero-order valence-electron chi connectivity index (χ0n) is 16.2. The minimum absolute atomic E-state index is 0.0988. The van der Waals surface area contributed by atoms with Gasteiger partial charge in [0.15, 0.2) is 5.69 Å². The molecule has 0 fully saturated rings. The molecule has 1 unspecified atom stereocenters. The fourth-order valence-corrected chi connectivity index (χ4v) is 4.55. The molecular weight excluding hydrogens is 442 g/mol. The Kier molecular flexibility index (Phi) is 6.14. The Bertz CT molecular complexity index is 1120. The summed E-state index contributed by atoms with van der Waals surface area (Å²) in [6.07, 6.45) is 1.43. The smallest absolute Gasteiger partial charge is 0.358 e. The van der Waals surface area contributed by atoms with Crippen molar-refractivity contribution in [3.8, 4) is 9.88 Å². The summed E-state index contributed by atoms with van der Waals surface area (Å²) in [6.45, 7) is 1.46. The Hall–Kier alpha value is -3.44. The van der Waals surface area contributed by atoms with E-state index < -0.39 is 24.0 Å². The summed E-state index contributed by atoms with van der Waals surface area (Å²) in [5.41, 5.74) is 0.363. The molecule has 0 aromatic carbocycles. The van der Waals surface area contributed by atoms with Crippen LogP contribution in [-0.4, -0.2) is 36.2 Å². The van der Waals surface area contributed by atoms with Gasteiger partial charge in [-0.3, -0.25) is 0 Å². The van der Waals surface area contributed by atoms with Gasteiger partial charge in [0, 0.05) is 5.38 Å². The molecule has 0 bridgehead atoms. The van der Waals surface area contributed by atoms with E-state index in [0.717, 1.165) is 4.88 Å². The number of thiophene rings is 1. The lowest BCUT2D eigenvalue weighted by atomic mass is 10.0. The van der Waals surface area contributed by atoms with Crippen molar-refractivity contribution in [2.45, 2.75) is 13.0 Å². The maximum Gasteiger partial charge on any atom is 0.358 e. The zero-order chi connectivity index (χ0) is 21.8. The first-order valence-corrected chi connectivity index (χ1v) is 11.0. The van der Waals surface area contributed by atoms with Crippen LogP contribution in [0.5, 0.6) is 0 Å². The molecule has 9 nitrogen and oxygen atoms in total. The van der Waals surface area contributed by atoms with Crippen molar-refractivity contribution in [2.75, 3.05) is 13.2 Å². The van der Waals surface area contributed by atoms with Gasteiger partial charge < -0.3 is 24.5 Å². The zero-order valence-corrected chi connectivity index (χ0v) is 17.9. The summed E-state index contributed by atoms with van der Waals surface area (Å²) in [4.78, 5) is 42.5. The number of urea groups is 1. The number of rotatable bonds is 7. The molecule has 1 aliphatic heterocycles. The van der Waals surface area contributed by atoms with Gasteiger partial charge in [0.1, 0.15) is 23.4 Å². The first-order valence-electron chi connectivity index (χ1n) is 9.24. The first-order chi connectivity index (χ1) is 15.1. The van der Waals surface area contributed by atoms with E-state index in [4.69, 9.17) is 13.9 Å². The number of hydrogen-bond donors (Lipinski definition) is 2. The predicted molar refractivity (Wildman–Crippen MR) is 112 cm³/mol. The lowest BCUT2D eigenvalue weighted by molar-refractivity contribution is -0.139. The second-order valence-corrected chi connectivity index (χ2v) is 8.06. The first kappa shape index (κ1) is 20.8. The maximum atomic E-state index is 12.6. The number of furan rings is 1. The van der Waals surface area contributed by atoms with Crippen LogP contribution in [0.15, 0.2) is 57.0 Å². The molecule has 160 valence electrons. The number of carbonyl (C=O) groups is 3. The number of hydrogen-bond acceptors (Lipinski definition) is 9. The average molecular weight is 460 g/mol. The highest BCUT2D eigenvalue weighted by molar-refractivity contribution is 7.20. The topological polar surface area (TPSA) is 120 Å². The normalized spacial score (nSPS) is 15.9. The third-order valence-electron chi connectivity index (χ3n) is 4.27. The Balaban J connectivity index is 1.56. The molecule has 11 heteroatoms. The highest BCUT2D eigenvalue weighted by Crippen LogP contribution is 2.29. The summed E-state index contributed by atoms with van der Waals surface area (Å²) in [6, 6.07) is 5.64. The Morgan fingerprint density at radius 3 is 2.77 bits per heavy atom. The van der Waals surface area contributed by atoms with Crippen molar-refractivity contribution in [3.63, 3.8) is 0 Å². The van der Waals surface area contributed by atoms with Crippen LogP contribution < -0.4 is 10.6 Å². The number of amides is 2. The average Bonchev–Trinajstić information content (AvgIpc) is 3.53. The molecule has 2 amide bonds.